The summed E-state index contributed by atoms with van der Waals surface area (Å²) >= 11 is 0. The normalized spacial score (nSPS) is 18.8. The van der Waals surface area contributed by atoms with Crippen LogP contribution < -0.4 is 27.0 Å². The topological polar surface area (TPSA) is 175 Å². The molecule has 58 heavy (non-hydrogen) atoms. The van der Waals surface area contributed by atoms with Crippen molar-refractivity contribution in [2.24, 2.45) is 12.8 Å². The molecule has 4 N–H and O–H groups in total. The Morgan fingerprint density at radius 1 is 0.879 bits per heavy atom. The van der Waals surface area contributed by atoms with Gasteiger partial charge < -0.3 is 15.8 Å². The molecule has 1 saturated heterocycles. The number of fused-ring (bicyclic) bond motifs is 1. The van der Waals surface area contributed by atoms with E-state index in [0.29, 0.717) is 37.8 Å². The highest BCUT2D eigenvalue weighted by atomic mass is 16.5. The molecule has 0 spiro atoms. The standard InChI is InChI=1S/C45H54N6O7/c1-28(34(20-23-39(46)52)47-44(56)38-26-33-13-7-11-32-12-8-14-41(54)51(38)42(32)33)58-27-31-17-15-29(16-18-31)9-5-3-4-6-10-30-19-21-35-37(25-30)49(2)45(57)50(35)36-22-24-40(53)48-43(36)55/h7,11,13,15-19,21,25,28,34,36,38H,3-6,8-10,12,14,20,22-24,26-27H2,1-2H3,(H2,46,52)(H,47,56)(H,48,53,55)/t28-,34+,36?,38+/m1/s1. The van der Waals surface area contributed by atoms with Gasteiger partial charge in [-0.3, -0.25) is 43.3 Å². The molecule has 4 atom stereocenters. The average molecular weight is 791 g/mol. The fraction of sp³-hybridized carbons (Fsp3) is 0.467. The van der Waals surface area contributed by atoms with Gasteiger partial charge in [-0.15, -0.1) is 0 Å². The molecule has 306 valence electrons. The molecule has 3 aliphatic heterocycles. The van der Waals surface area contributed by atoms with Gasteiger partial charge in [-0.1, -0.05) is 61.4 Å². The highest BCUT2D eigenvalue weighted by molar-refractivity contribution is 6.04. The first-order valence-electron chi connectivity index (χ1n) is 20.7. The second-order valence-electron chi connectivity index (χ2n) is 16.1. The van der Waals surface area contributed by atoms with Crippen LogP contribution in [0.3, 0.4) is 0 Å². The maximum absolute atomic E-state index is 13.8. The molecule has 13 heteroatoms. The number of piperidine rings is 1. The summed E-state index contributed by atoms with van der Waals surface area (Å²) < 4.78 is 9.34. The quantitative estimate of drug-likeness (QED) is 0.103. The summed E-state index contributed by atoms with van der Waals surface area (Å²) in [6.07, 6.45) is 9.09. The first kappa shape index (κ1) is 40.6. The average Bonchev–Trinajstić information content (AvgIpc) is 3.65. The zero-order valence-corrected chi connectivity index (χ0v) is 33.5. The summed E-state index contributed by atoms with van der Waals surface area (Å²) in [7, 11) is 1.72. The van der Waals surface area contributed by atoms with Crippen molar-refractivity contribution in [2.45, 2.75) is 128 Å². The van der Waals surface area contributed by atoms with Crippen LogP contribution in [0.25, 0.3) is 11.0 Å². The minimum Gasteiger partial charge on any atom is -0.372 e. The van der Waals surface area contributed by atoms with Gasteiger partial charge in [0.2, 0.25) is 29.5 Å². The Morgan fingerprint density at radius 3 is 2.33 bits per heavy atom. The van der Waals surface area contributed by atoms with Crippen LogP contribution in [0.1, 0.15) is 105 Å². The summed E-state index contributed by atoms with van der Waals surface area (Å²) in [6.45, 7) is 2.23. The largest absolute Gasteiger partial charge is 0.372 e. The van der Waals surface area contributed by atoms with E-state index >= 15 is 0 Å². The van der Waals surface area contributed by atoms with E-state index in [2.05, 4.69) is 34.9 Å². The summed E-state index contributed by atoms with van der Waals surface area (Å²) in [5, 5.41) is 5.47. The van der Waals surface area contributed by atoms with Crippen molar-refractivity contribution in [3.63, 3.8) is 0 Å². The summed E-state index contributed by atoms with van der Waals surface area (Å²) in [5.74, 6) is -1.47. The SMILES string of the molecule is C[C@@H](OCc1ccc(CCCCCCc2ccc3c(c2)n(C)c(=O)n3C2CCC(=O)NC2=O)cc1)[C@H](CCC(N)=O)NC(=O)[C@@H]1Cc2cccc3c2N1C(=O)CCC3. The summed E-state index contributed by atoms with van der Waals surface area (Å²) in [4.78, 5) is 77.6. The second kappa shape index (κ2) is 17.9. The number of anilines is 1. The van der Waals surface area contributed by atoms with Gasteiger partial charge in [-0.05, 0) is 98.2 Å². The van der Waals surface area contributed by atoms with Crippen LogP contribution in [0.4, 0.5) is 5.69 Å². The number of benzene rings is 3. The molecule has 7 rings (SSSR count). The van der Waals surface area contributed by atoms with Crippen LogP contribution in [0.5, 0.6) is 0 Å². The number of aromatic nitrogens is 2. The highest BCUT2D eigenvalue weighted by Gasteiger charge is 2.41. The third-order valence-electron chi connectivity index (χ3n) is 12.1. The Morgan fingerprint density at radius 2 is 1.59 bits per heavy atom. The van der Waals surface area contributed by atoms with Crippen LogP contribution in [-0.2, 0) is 68.0 Å². The van der Waals surface area contributed by atoms with Gasteiger partial charge >= 0.3 is 5.69 Å². The van der Waals surface area contributed by atoms with Gasteiger partial charge in [0, 0.05) is 32.7 Å². The zero-order valence-electron chi connectivity index (χ0n) is 33.5. The number of nitrogens with one attached hydrogen (secondary N) is 2. The molecule has 4 aromatic rings. The van der Waals surface area contributed by atoms with Gasteiger partial charge in [0.15, 0.2) is 0 Å². The molecule has 1 fully saturated rings. The van der Waals surface area contributed by atoms with Crippen molar-refractivity contribution in [3.05, 3.63) is 99.0 Å². The number of aryl methyl sites for hydroxylation is 4. The van der Waals surface area contributed by atoms with Gasteiger partial charge in [0.1, 0.15) is 12.1 Å². The Labute approximate surface area is 338 Å². The first-order chi connectivity index (χ1) is 28.0. The number of imide groups is 1. The third-order valence-corrected chi connectivity index (χ3v) is 12.1. The van der Waals surface area contributed by atoms with Crippen molar-refractivity contribution in [3.8, 4) is 0 Å². The lowest BCUT2D eigenvalue weighted by Gasteiger charge is -2.29. The number of ether oxygens (including phenoxy) is 1. The molecule has 3 aromatic carbocycles. The van der Waals surface area contributed by atoms with Crippen LogP contribution in [0.15, 0.2) is 65.5 Å². The molecule has 5 amide bonds. The van der Waals surface area contributed by atoms with E-state index in [-0.39, 0.29) is 36.3 Å². The maximum atomic E-state index is 13.8. The fourth-order valence-corrected chi connectivity index (χ4v) is 8.79. The molecule has 0 bridgehead atoms. The monoisotopic (exact) mass is 790 g/mol. The predicted octanol–water partition coefficient (Wildman–Crippen LogP) is 4.61. The van der Waals surface area contributed by atoms with Crippen molar-refractivity contribution < 1.29 is 28.7 Å². The van der Waals surface area contributed by atoms with E-state index in [1.165, 1.54) is 10.1 Å². The van der Waals surface area contributed by atoms with E-state index in [4.69, 9.17) is 10.5 Å². The first-order valence-corrected chi connectivity index (χ1v) is 20.7. The van der Waals surface area contributed by atoms with E-state index in [0.717, 1.165) is 84.8 Å². The van der Waals surface area contributed by atoms with Gasteiger partial charge in [-0.2, -0.15) is 0 Å². The number of primary amides is 1. The van der Waals surface area contributed by atoms with Crippen LogP contribution in [0.2, 0.25) is 0 Å². The Bertz CT molecular complexity index is 2260. The number of hydrogen-bond acceptors (Lipinski definition) is 7. The van der Waals surface area contributed by atoms with E-state index in [9.17, 15) is 28.8 Å². The highest BCUT2D eigenvalue weighted by Crippen LogP contribution is 2.39. The summed E-state index contributed by atoms with van der Waals surface area (Å²) in [5.41, 5.74) is 13.1. The number of carbonyl (C=O) groups excluding carboxylic acids is 5. The van der Waals surface area contributed by atoms with Gasteiger partial charge in [0.25, 0.3) is 0 Å². The number of rotatable bonds is 17. The molecule has 1 aromatic heterocycles. The van der Waals surface area contributed by atoms with E-state index in [1.807, 2.05) is 43.3 Å². The van der Waals surface area contributed by atoms with Crippen molar-refractivity contribution in [1.82, 2.24) is 19.8 Å². The number of amides is 5. The van der Waals surface area contributed by atoms with Gasteiger partial charge in [-0.25, -0.2) is 4.79 Å². The third kappa shape index (κ3) is 8.94. The van der Waals surface area contributed by atoms with Crippen LogP contribution in [-0.4, -0.2) is 56.9 Å². The van der Waals surface area contributed by atoms with E-state index < -0.39 is 36.0 Å². The second-order valence-corrected chi connectivity index (χ2v) is 16.1. The molecule has 0 aliphatic carbocycles. The molecule has 13 nitrogen and oxygen atoms in total. The van der Waals surface area contributed by atoms with Crippen LogP contribution in [0, 0.1) is 0 Å². The lowest BCUT2D eigenvalue weighted by atomic mass is 10.0. The number of nitrogens with zero attached hydrogens (tertiary/aromatic N) is 3. The fourth-order valence-electron chi connectivity index (χ4n) is 8.79. The molecule has 3 aliphatic rings. The van der Waals surface area contributed by atoms with Crippen molar-refractivity contribution in [2.75, 3.05) is 4.90 Å². The molecule has 0 radical (unpaired) electrons. The number of hydrogen-bond donors (Lipinski definition) is 3. The Balaban J connectivity index is 0.858. The summed E-state index contributed by atoms with van der Waals surface area (Å²) in [6, 6.07) is 18.6. The molecular weight excluding hydrogens is 737 g/mol. The predicted molar refractivity (Wildman–Crippen MR) is 220 cm³/mol. The van der Waals surface area contributed by atoms with E-state index in [1.54, 1.807) is 16.5 Å². The maximum Gasteiger partial charge on any atom is 0.329 e. The zero-order chi connectivity index (χ0) is 40.9. The minimum atomic E-state index is -0.688. The van der Waals surface area contributed by atoms with Gasteiger partial charge in [0.05, 0.1) is 35.5 Å². The minimum absolute atomic E-state index is 0.0336. The van der Waals surface area contributed by atoms with Crippen LogP contribution >= 0.6 is 0 Å². The lowest BCUT2D eigenvalue weighted by Crippen LogP contribution is -2.53. The number of unbranched alkanes of at least 4 members (excludes halogenated alkanes) is 3. The number of para-hydroxylation sites is 1. The molecular formula is C45H54N6O7. The number of carbonyl (C=O) groups is 5. The molecule has 0 saturated carbocycles. The van der Waals surface area contributed by atoms with Crippen molar-refractivity contribution >= 4 is 46.3 Å². The molecule has 1 unspecified atom stereocenters. The molecule has 4 heterocycles. The number of nitrogens with two attached hydrogens (primary N) is 1. The Kier molecular flexibility index (Phi) is 12.6. The van der Waals surface area contributed by atoms with Crippen molar-refractivity contribution in [1.29, 1.82) is 0 Å². The lowest BCUT2D eigenvalue weighted by molar-refractivity contribution is -0.135. The Hall–Kier alpha value is -5.56. The number of imidazole rings is 1. The smallest absolute Gasteiger partial charge is 0.329 e.